The second-order valence-corrected chi connectivity index (χ2v) is 7.53. The molecule has 2 rings (SSSR count). The van der Waals surface area contributed by atoms with Crippen LogP contribution in [0.2, 0.25) is 0 Å². The van der Waals surface area contributed by atoms with Crippen LogP contribution in [0.1, 0.15) is 32.6 Å². The molecular formula is C17H26N2O2S. The Labute approximate surface area is 137 Å². The first-order valence-corrected chi connectivity index (χ1v) is 8.93. The van der Waals surface area contributed by atoms with Crippen molar-refractivity contribution >= 4 is 17.8 Å². The van der Waals surface area contributed by atoms with Crippen LogP contribution in [0, 0.1) is 5.92 Å². The predicted octanol–water partition coefficient (Wildman–Crippen LogP) is 3.02. The third kappa shape index (κ3) is 6.28. The summed E-state index contributed by atoms with van der Waals surface area (Å²) in [5.74, 6) is 0.408. The molecule has 3 atom stereocenters. The topological polar surface area (TPSA) is 61.4 Å². The van der Waals surface area contributed by atoms with Crippen LogP contribution in [0.3, 0.4) is 0 Å². The molecule has 1 saturated carbocycles. The van der Waals surface area contributed by atoms with Crippen molar-refractivity contribution in [3.63, 3.8) is 0 Å². The van der Waals surface area contributed by atoms with Gasteiger partial charge in [-0.2, -0.15) is 0 Å². The van der Waals surface area contributed by atoms with Gasteiger partial charge in [0, 0.05) is 23.2 Å². The van der Waals surface area contributed by atoms with Gasteiger partial charge < -0.3 is 15.7 Å². The van der Waals surface area contributed by atoms with Crippen molar-refractivity contribution in [1.82, 2.24) is 10.6 Å². The van der Waals surface area contributed by atoms with E-state index in [4.69, 9.17) is 0 Å². The highest BCUT2D eigenvalue weighted by molar-refractivity contribution is 8.00. The molecule has 3 N–H and O–H groups in total. The van der Waals surface area contributed by atoms with Gasteiger partial charge in [0.2, 0.25) is 0 Å². The molecule has 1 fully saturated rings. The van der Waals surface area contributed by atoms with E-state index < -0.39 is 0 Å². The van der Waals surface area contributed by atoms with Crippen LogP contribution >= 0.6 is 11.8 Å². The fourth-order valence-corrected chi connectivity index (χ4v) is 3.70. The van der Waals surface area contributed by atoms with Gasteiger partial charge in [-0.15, -0.1) is 11.8 Å². The lowest BCUT2D eigenvalue weighted by Crippen LogP contribution is -2.41. The first-order valence-electron chi connectivity index (χ1n) is 8.05. The molecule has 4 nitrogen and oxygen atoms in total. The Balaban J connectivity index is 1.60. The van der Waals surface area contributed by atoms with E-state index in [1.54, 1.807) is 11.8 Å². The second kappa shape index (κ2) is 9.06. The van der Waals surface area contributed by atoms with E-state index in [1.807, 2.05) is 18.2 Å². The average Bonchev–Trinajstić information content (AvgIpc) is 2.52. The van der Waals surface area contributed by atoms with Gasteiger partial charge in [-0.25, -0.2) is 4.79 Å². The van der Waals surface area contributed by atoms with Crippen molar-refractivity contribution in [3.8, 4) is 0 Å². The maximum atomic E-state index is 11.8. The highest BCUT2D eigenvalue weighted by atomic mass is 32.2. The minimum atomic E-state index is -0.189. The Kier molecular flexibility index (Phi) is 7.06. The summed E-state index contributed by atoms with van der Waals surface area (Å²) in [6.07, 6.45) is 3.67. The summed E-state index contributed by atoms with van der Waals surface area (Å²) in [6, 6.07) is 10.1. The summed E-state index contributed by atoms with van der Waals surface area (Å²) < 4.78 is 0. The summed E-state index contributed by atoms with van der Waals surface area (Å²) in [5.41, 5.74) is 0. The quantitative estimate of drug-likeness (QED) is 0.706. The van der Waals surface area contributed by atoms with E-state index in [0.717, 1.165) is 25.7 Å². The molecule has 122 valence electrons. The van der Waals surface area contributed by atoms with Gasteiger partial charge in [0.05, 0.1) is 6.10 Å². The fourth-order valence-electron chi connectivity index (χ4n) is 2.76. The molecule has 2 amide bonds. The molecule has 0 aliphatic heterocycles. The van der Waals surface area contributed by atoms with Gasteiger partial charge in [-0.3, -0.25) is 0 Å². The van der Waals surface area contributed by atoms with Crippen LogP contribution in [0.5, 0.6) is 0 Å². The smallest absolute Gasteiger partial charge is 0.314 e. The lowest BCUT2D eigenvalue weighted by Gasteiger charge is -2.26. The molecule has 1 aliphatic rings. The normalized spacial score (nSPS) is 22.8. The van der Waals surface area contributed by atoms with Crippen molar-refractivity contribution in [2.24, 2.45) is 5.92 Å². The Morgan fingerprint density at radius 2 is 2.09 bits per heavy atom. The lowest BCUT2D eigenvalue weighted by atomic mass is 9.87. The Morgan fingerprint density at radius 3 is 2.82 bits per heavy atom. The van der Waals surface area contributed by atoms with E-state index in [9.17, 15) is 9.90 Å². The van der Waals surface area contributed by atoms with Crippen molar-refractivity contribution in [2.45, 2.75) is 48.9 Å². The maximum absolute atomic E-state index is 11.8. The van der Waals surface area contributed by atoms with Gasteiger partial charge >= 0.3 is 6.03 Å². The largest absolute Gasteiger partial charge is 0.393 e. The zero-order valence-electron chi connectivity index (χ0n) is 13.1. The average molecular weight is 322 g/mol. The summed E-state index contributed by atoms with van der Waals surface area (Å²) in [6.45, 7) is 3.40. The first-order chi connectivity index (χ1) is 10.6. The molecule has 0 heterocycles. The van der Waals surface area contributed by atoms with E-state index in [-0.39, 0.29) is 12.1 Å². The summed E-state index contributed by atoms with van der Waals surface area (Å²) in [7, 11) is 0. The molecule has 5 heteroatoms. The standard InChI is InChI=1S/C17H26N2O2S/c1-13(22-16-8-3-2-4-9-16)11-18-17(21)19-12-14-6-5-7-15(20)10-14/h2-4,8-9,13-15,20H,5-7,10-12H2,1H3,(H2,18,19,21). The Bertz CT molecular complexity index is 455. The number of thioether (sulfide) groups is 1. The SMILES string of the molecule is CC(CNC(=O)NCC1CCCC(O)C1)Sc1ccccc1. The second-order valence-electron chi connectivity index (χ2n) is 6.02. The molecule has 0 saturated heterocycles. The number of urea groups is 1. The highest BCUT2D eigenvalue weighted by Crippen LogP contribution is 2.23. The molecule has 0 aromatic heterocycles. The summed E-state index contributed by atoms with van der Waals surface area (Å²) in [4.78, 5) is 13.0. The monoisotopic (exact) mass is 322 g/mol. The molecule has 0 bridgehead atoms. The van der Waals surface area contributed by atoms with Crippen LogP contribution in [-0.4, -0.2) is 35.6 Å². The first kappa shape index (κ1) is 17.2. The number of hydrogen-bond acceptors (Lipinski definition) is 3. The van der Waals surface area contributed by atoms with Crippen molar-refractivity contribution in [3.05, 3.63) is 30.3 Å². The van der Waals surface area contributed by atoms with Crippen LogP contribution in [-0.2, 0) is 0 Å². The maximum Gasteiger partial charge on any atom is 0.314 e. The molecule has 1 aliphatic carbocycles. The van der Waals surface area contributed by atoms with Crippen LogP contribution in [0.15, 0.2) is 35.2 Å². The van der Waals surface area contributed by atoms with Crippen LogP contribution in [0.25, 0.3) is 0 Å². The highest BCUT2D eigenvalue weighted by Gasteiger charge is 2.20. The summed E-state index contributed by atoms with van der Waals surface area (Å²) >= 11 is 1.76. The number of hydrogen-bond donors (Lipinski definition) is 3. The van der Waals surface area contributed by atoms with E-state index in [2.05, 4.69) is 29.7 Å². The lowest BCUT2D eigenvalue weighted by molar-refractivity contribution is 0.101. The van der Waals surface area contributed by atoms with Crippen LogP contribution < -0.4 is 10.6 Å². The molecule has 0 radical (unpaired) electrons. The van der Waals surface area contributed by atoms with Gasteiger partial charge in [-0.05, 0) is 37.3 Å². The number of rotatable bonds is 6. The molecule has 0 spiro atoms. The number of carbonyl (C=O) groups excluding carboxylic acids is 1. The zero-order valence-corrected chi connectivity index (χ0v) is 13.9. The fraction of sp³-hybridized carbons (Fsp3) is 0.588. The molecule has 1 aromatic rings. The molecule has 22 heavy (non-hydrogen) atoms. The molecule has 3 unspecified atom stereocenters. The van der Waals surface area contributed by atoms with Gasteiger partial charge in [-0.1, -0.05) is 31.5 Å². The van der Waals surface area contributed by atoms with Gasteiger partial charge in [0.1, 0.15) is 0 Å². The van der Waals surface area contributed by atoms with E-state index >= 15 is 0 Å². The zero-order chi connectivity index (χ0) is 15.8. The molecule has 1 aromatic carbocycles. The Hall–Kier alpha value is -1.20. The van der Waals surface area contributed by atoms with Crippen molar-refractivity contribution < 1.29 is 9.90 Å². The van der Waals surface area contributed by atoms with Gasteiger partial charge in [0.15, 0.2) is 0 Å². The number of aliphatic hydroxyl groups is 1. The van der Waals surface area contributed by atoms with Crippen molar-refractivity contribution in [2.75, 3.05) is 13.1 Å². The number of benzene rings is 1. The number of amides is 2. The number of aliphatic hydroxyl groups excluding tert-OH is 1. The predicted molar refractivity (Wildman–Crippen MR) is 91.1 cm³/mol. The summed E-state index contributed by atoms with van der Waals surface area (Å²) in [5, 5.41) is 15.8. The molecular weight excluding hydrogens is 296 g/mol. The van der Waals surface area contributed by atoms with Gasteiger partial charge in [0.25, 0.3) is 0 Å². The Morgan fingerprint density at radius 1 is 1.32 bits per heavy atom. The third-order valence-electron chi connectivity index (χ3n) is 3.94. The van der Waals surface area contributed by atoms with E-state index in [1.165, 1.54) is 4.90 Å². The number of carbonyl (C=O) groups is 1. The third-order valence-corrected chi connectivity index (χ3v) is 5.05. The van der Waals surface area contributed by atoms with Crippen molar-refractivity contribution in [1.29, 1.82) is 0 Å². The number of nitrogens with one attached hydrogen (secondary N) is 2. The minimum Gasteiger partial charge on any atom is -0.393 e. The minimum absolute atomic E-state index is 0.111. The van der Waals surface area contributed by atoms with E-state index in [0.29, 0.717) is 24.3 Å². The van der Waals surface area contributed by atoms with Crippen LogP contribution in [0.4, 0.5) is 4.79 Å².